The number of phenols is 1. The first-order valence-electron chi connectivity index (χ1n) is 10.5. The van der Waals surface area contributed by atoms with E-state index in [0.717, 1.165) is 43.1 Å². The van der Waals surface area contributed by atoms with Crippen LogP contribution >= 0.6 is 0 Å². The van der Waals surface area contributed by atoms with Gasteiger partial charge in [0.2, 0.25) is 5.91 Å². The fourth-order valence-corrected chi connectivity index (χ4v) is 4.84. The molecule has 2 N–H and O–H groups in total. The zero-order valence-electron chi connectivity index (χ0n) is 16.5. The summed E-state index contributed by atoms with van der Waals surface area (Å²) in [7, 11) is 0. The third kappa shape index (κ3) is 3.55. The number of aromatic hydroxyl groups is 1. The number of benzene rings is 2. The maximum absolute atomic E-state index is 12.9. The van der Waals surface area contributed by atoms with E-state index in [1.165, 1.54) is 22.4 Å². The number of fused-ring (bicyclic) bond motifs is 3. The molecule has 0 saturated heterocycles. The molecule has 1 unspecified atom stereocenters. The Morgan fingerprint density at radius 3 is 2.79 bits per heavy atom. The number of nitrogens with one attached hydrogen (secondary N) is 1. The van der Waals surface area contributed by atoms with Crippen LogP contribution in [0, 0.1) is 5.92 Å². The van der Waals surface area contributed by atoms with Gasteiger partial charge in [0.25, 0.3) is 0 Å². The van der Waals surface area contributed by atoms with Crippen LogP contribution in [-0.4, -0.2) is 34.0 Å². The Labute approximate surface area is 170 Å². The quantitative estimate of drug-likeness (QED) is 0.686. The van der Waals surface area contributed by atoms with Crippen LogP contribution in [-0.2, 0) is 17.6 Å². The van der Waals surface area contributed by atoms with Crippen LogP contribution < -0.4 is 0 Å². The monoisotopic (exact) mass is 386 g/mol. The van der Waals surface area contributed by atoms with Gasteiger partial charge in [0, 0.05) is 36.1 Å². The van der Waals surface area contributed by atoms with Crippen molar-refractivity contribution in [1.29, 1.82) is 0 Å². The molecule has 0 radical (unpaired) electrons. The van der Waals surface area contributed by atoms with Crippen molar-refractivity contribution in [3.05, 3.63) is 71.4 Å². The van der Waals surface area contributed by atoms with E-state index in [-0.39, 0.29) is 5.91 Å². The summed E-state index contributed by atoms with van der Waals surface area (Å²) >= 11 is 0. The average Bonchev–Trinajstić information content (AvgIpc) is 3.12. The van der Waals surface area contributed by atoms with Crippen molar-refractivity contribution in [1.82, 2.24) is 9.88 Å². The molecule has 0 saturated carbocycles. The first-order chi connectivity index (χ1) is 14.2. The van der Waals surface area contributed by atoms with E-state index in [1.807, 2.05) is 23.1 Å². The Kier molecular flexibility index (Phi) is 4.62. The highest BCUT2D eigenvalue weighted by atomic mass is 16.3. The number of amides is 1. The summed E-state index contributed by atoms with van der Waals surface area (Å²) in [5.74, 6) is 0.937. The van der Waals surface area contributed by atoms with E-state index in [1.54, 1.807) is 6.07 Å². The van der Waals surface area contributed by atoms with Gasteiger partial charge in [-0.1, -0.05) is 36.4 Å². The van der Waals surface area contributed by atoms with Crippen molar-refractivity contribution in [3.63, 3.8) is 0 Å². The van der Waals surface area contributed by atoms with Crippen molar-refractivity contribution < 1.29 is 9.90 Å². The molecule has 0 bridgehead atoms. The summed E-state index contributed by atoms with van der Waals surface area (Å²) in [6.45, 7) is 1.51. The van der Waals surface area contributed by atoms with Gasteiger partial charge in [-0.15, -0.1) is 0 Å². The summed E-state index contributed by atoms with van der Waals surface area (Å²) in [4.78, 5) is 18.4. The number of aryl methyl sites for hydroxylation is 1. The molecule has 0 fully saturated rings. The molecule has 0 spiro atoms. The van der Waals surface area contributed by atoms with Crippen molar-refractivity contribution in [2.45, 2.75) is 32.1 Å². The molecule has 1 amide bonds. The Hall–Kier alpha value is -3.01. The summed E-state index contributed by atoms with van der Waals surface area (Å²) in [5, 5.41) is 11.0. The maximum atomic E-state index is 12.9. The lowest BCUT2D eigenvalue weighted by atomic mass is 9.84. The largest absolute Gasteiger partial charge is 0.508 e. The molecule has 5 rings (SSSR count). The lowest BCUT2D eigenvalue weighted by Gasteiger charge is -2.29. The summed E-state index contributed by atoms with van der Waals surface area (Å²) in [6, 6.07) is 15.9. The summed E-state index contributed by atoms with van der Waals surface area (Å²) < 4.78 is 0. The van der Waals surface area contributed by atoms with Crippen LogP contribution in [0.3, 0.4) is 0 Å². The minimum atomic E-state index is 0.268. The summed E-state index contributed by atoms with van der Waals surface area (Å²) in [5.41, 5.74) is 6.24. The van der Waals surface area contributed by atoms with Gasteiger partial charge in [-0.3, -0.25) is 4.79 Å². The number of aromatic amines is 1. The van der Waals surface area contributed by atoms with E-state index in [0.29, 0.717) is 24.6 Å². The minimum Gasteiger partial charge on any atom is -0.508 e. The Bertz CT molecular complexity index is 1080. The third-order valence-electron chi connectivity index (χ3n) is 6.44. The number of carbonyl (C=O) groups excluding carboxylic acids is 1. The smallest absolute Gasteiger partial charge is 0.223 e. The van der Waals surface area contributed by atoms with Gasteiger partial charge in [-0.25, -0.2) is 0 Å². The van der Waals surface area contributed by atoms with Gasteiger partial charge < -0.3 is 15.0 Å². The van der Waals surface area contributed by atoms with Crippen molar-refractivity contribution in [2.24, 2.45) is 5.92 Å². The van der Waals surface area contributed by atoms with Crippen LogP contribution in [0.1, 0.15) is 36.1 Å². The van der Waals surface area contributed by atoms with Crippen molar-refractivity contribution >= 4 is 22.4 Å². The van der Waals surface area contributed by atoms with E-state index >= 15 is 0 Å². The SMILES string of the molecule is O=C(CC1CCc2[nH]c3ccc(O)cc3c2C1)N1CC=C(c2ccccc2)CC1. The molecule has 2 aromatic carbocycles. The molecule has 2 heterocycles. The lowest BCUT2D eigenvalue weighted by Crippen LogP contribution is -2.36. The molecular formula is C25H26N2O2. The number of phenolic OH excluding ortho intramolecular Hbond substituents is 1. The zero-order valence-corrected chi connectivity index (χ0v) is 16.5. The molecule has 1 aromatic heterocycles. The zero-order chi connectivity index (χ0) is 19.8. The number of nitrogens with zero attached hydrogens (tertiary/aromatic N) is 1. The fraction of sp³-hybridized carbons (Fsp3) is 0.320. The molecule has 1 aliphatic heterocycles. The maximum Gasteiger partial charge on any atom is 0.223 e. The third-order valence-corrected chi connectivity index (χ3v) is 6.44. The molecule has 2 aliphatic rings. The highest BCUT2D eigenvalue weighted by Gasteiger charge is 2.27. The van der Waals surface area contributed by atoms with Gasteiger partial charge in [0.05, 0.1) is 0 Å². The minimum absolute atomic E-state index is 0.268. The Morgan fingerprint density at radius 1 is 1.14 bits per heavy atom. The molecule has 1 atom stereocenters. The number of H-pyrrole nitrogens is 1. The fourth-order valence-electron chi connectivity index (χ4n) is 4.84. The van der Waals surface area contributed by atoms with Gasteiger partial charge in [0.15, 0.2) is 0 Å². The van der Waals surface area contributed by atoms with Crippen LogP contribution in [0.15, 0.2) is 54.6 Å². The molecular weight excluding hydrogens is 360 g/mol. The van der Waals surface area contributed by atoms with E-state index < -0.39 is 0 Å². The second kappa shape index (κ2) is 7.43. The van der Waals surface area contributed by atoms with Gasteiger partial charge in [-0.2, -0.15) is 0 Å². The standard InChI is InChI=1S/C25H26N2O2/c28-20-7-9-24-22(16-20)21-14-17(6-8-23(21)26-24)15-25(29)27-12-10-19(11-13-27)18-4-2-1-3-5-18/h1-5,7,9-10,16-17,26,28H,6,8,11-15H2. The highest BCUT2D eigenvalue weighted by molar-refractivity contribution is 5.86. The molecule has 1 aliphatic carbocycles. The lowest BCUT2D eigenvalue weighted by molar-refractivity contribution is -0.131. The number of hydrogen-bond donors (Lipinski definition) is 2. The highest BCUT2D eigenvalue weighted by Crippen LogP contribution is 2.35. The second-order valence-electron chi connectivity index (χ2n) is 8.31. The topological polar surface area (TPSA) is 56.3 Å². The second-order valence-corrected chi connectivity index (χ2v) is 8.31. The average molecular weight is 386 g/mol. The molecule has 4 heteroatoms. The molecule has 4 nitrogen and oxygen atoms in total. The van der Waals surface area contributed by atoms with Gasteiger partial charge in [0.1, 0.15) is 5.75 Å². The molecule has 3 aromatic rings. The predicted molar refractivity (Wildman–Crippen MR) is 116 cm³/mol. The van der Waals surface area contributed by atoms with Gasteiger partial charge >= 0.3 is 0 Å². The molecule has 148 valence electrons. The number of aromatic nitrogens is 1. The van der Waals surface area contributed by atoms with Crippen LogP contribution in [0.5, 0.6) is 5.75 Å². The van der Waals surface area contributed by atoms with Crippen molar-refractivity contribution in [2.75, 3.05) is 13.1 Å². The van der Waals surface area contributed by atoms with E-state index in [4.69, 9.17) is 0 Å². The first-order valence-corrected chi connectivity index (χ1v) is 10.5. The predicted octanol–water partition coefficient (Wildman–Crippen LogP) is 4.68. The normalized spacial score (nSPS) is 19.1. The van der Waals surface area contributed by atoms with Crippen LogP contribution in [0.25, 0.3) is 16.5 Å². The first kappa shape index (κ1) is 18.0. The van der Waals surface area contributed by atoms with Gasteiger partial charge in [-0.05, 0) is 66.5 Å². The Balaban J connectivity index is 1.25. The number of carbonyl (C=O) groups is 1. The van der Waals surface area contributed by atoms with E-state index in [2.05, 4.69) is 35.3 Å². The van der Waals surface area contributed by atoms with E-state index in [9.17, 15) is 9.90 Å². The molecule has 29 heavy (non-hydrogen) atoms. The number of rotatable bonds is 3. The van der Waals surface area contributed by atoms with Crippen molar-refractivity contribution in [3.8, 4) is 5.75 Å². The Morgan fingerprint density at radius 2 is 2.00 bits per heavy atom. The van der Waals surface area contributed by atoms with Crippen LogP contribution in [0.4, 0.5) is 0 Å². The van der Waals surface area contributed by atoms with Crippen LogP contribution in [0.2, 0.25) is 0 Å². The summed E-state index contributed by atoms with van der Waals surface area (Å²) in [6.07, 6.45) is 6.66. The number of hydrogen-bond acceptors (Lipinski definition) is 2.